The highest BCUT2D eigenvalue weighted by molar-refractivity contribution is 7.92. The molecule has 0 amide bonds. The van der Waals surface area contributed by atoms with Crippen molar-refractivity contribution >= 4 is 52.4 Å². The lowest BCUT2D eigenvalue weighted by Gasteiger charge is -2.11. The van der Waals surface area contributed by atoms with Crippen molar-refractivity contribution in [1.82, 2.24) is 0 Å². The van der Waals surface area contributed by atoms with E-state index in [0.29, 0.717) is 6.07 Å². The number of hydrogen-bond donors (Lipinski definition) is 4. The Hall–Kier alpha value is -2.71. The van der Waals surface area contributed by atoms with Gasteiger partial charge in [-0.3, -0.25) is 13.8 Å². The van der Waals surface area contributed by atoms with Gasteiger partial charge in [0.1, 0.15) is 4.90 Å². The summed E-state index contributed by atoms with van der Waals surface area (Å²) in [6, 6.07) is 10.6. The predicted octanol–water partition coefficient (Wildman–Crippen LogP) is 1.72. The molecule has 13 heteroatoms. The molecule has 0 radical (unpaired) electrons. The largest absolute Gasteiger partial charge is 0.399 e. The Morgan fingerprint density at radius 1 is 0.759 bits per heavy atom. The van der Waals surface area contributed by atoms with E-state index in [2.05, 4.69) is 4.72 Å². The van der Waals surface area contributed by atoms with Gasteiger partial charge >= 0.3 is 0 Å². The van der Waals surface area contributed by atoms with Crippen molar-refractivity contribution in [2.24, 2.45) is 0 Å². The number of nitrogens with two attached hydrogens (primary N) is 1. The van der Waals surface area contributed by atoms with Gasteiger partial charge in [0.2, 0.25) is 0 Å². The fourth-order valence-electron chi connectivity index (χ4n) is 2.62. The zero-order valence-corrected chi connectivity index (χ0v) is 16.8. The van der Waals surface area contributed by atoms with Crippen molar-refractivity contribution in [3.05, 3.63) is 54.6 Å². The minimum absolute atomic E-state index is 0.0275. The Labute approximate surface area is 166 Å². The van der Waals surface area contributed by atoms with Gasteiger partial charge in [0, 0.05) is 16.8 Å². The van der Waals surface area contributed by atoms with Crippen LogP contribution in [-0.2, 0) is 30.3 Å². The Kier molecular flexibility index (Phi) is 5.04. The number of rotatable bonds is 5. The van der Waals surface area contributed by atoms with E-state index < -0.39 is 40.1 Å². The molecule has 29 heavy (non-hydrogen) atoms. The van der Waals surface area contributed by atoms with Crippen LogP contribution in [0.5, 0.6) is 0 Å². The van der Waals surface area contributed by atoms with Crippen molar-refractivity contribution in [1.29, 1.82) is 0 Å². The molecule has 0 heterocycles. The van der Waals surface area contributed by atoms with Gasteiger partial charge in [-0.05, 0) is 47.9 Å². The summed E-state index contributed by atoms with van der Waals surface area (Å²) in [6.07, 6.45) is 0. The van der Waals surface area contributed by atoms with Crippen molar-refractivity contribution in [2.75, 3.05) is 10.5 Å². The first kappa shape index (κ1) is 21.0. The fraction of sp³-hybridized carbons (Fsp3) is 0. The van der Waals surface area contributed by atoms with E-state index in [1.165, 1.54) is 36.4 Å². The molecule has 3 rings (SSSR count). The quantitative estimate of drug-likeness (QED) is 0.327. The van der Waals surface area contributed by atoms with E-state index >= 15 is 0 Å². The standard InChI is InChI=1S/C16H14N2O8S3/c17-11-2-1-3-13(7-11)27(19,20)18-12-5-4-10-6-14(28(21,22)23)9-16(15(10)8-12)29(24,25)26/h1-9,18H,17H2,(H,21,22,23)(H,24,25,26). The van der Waals surface area contributed by atoms with Gasteiger partial charge < -0.3 is 5.73 Å². The third-order valence-electron chi connectivity index (χ3n) is 3.89. The topological polar surface area (TPSA) is 181 Å². The number of anilines is 2. The average Bonchev–Trinajstić information content (AvgIpc) is 2.58. The maximum absolute atomic E-state index is 12.5. The number of fused-ring (bicyclic) bond motifs is 1. The molecule has 0 unspecified atom stereocenters. The van der Waals surface area contributed by atoms with Crippen LogP contribution in [0.15, 0.2) is 69.3 Å². The van der Waals surface area contributed by atoms with Crippen LogP contribution in [0.25, 0.3) is 10.8 Å². The second kappa shape index (κ2) is 6.96. The van der Waals surface area contributed by atoms with Crippen molar-refractivity contribution in [3.8, 4) is 0 Å². The molecule has 10 nitrogen and oxygen atoms in total. The molecule has 3 aromatic carbocycles. The van der Waals surface area contributed by atoms with E-state index in [4.69, 9.17) is 5.73 Å². The highest BCUT2D eigenvalue weighted by Gasteiger charge is 2.21. The van der Waals surface area contributed by atoms with Crippen LogP contribution in [0.2, 0.25) is 0 Å². The van der Waals surface area contributed by atoms with Crippen LogP contribution in [0, 0.1) is 0 Å². The Morgan fingerprint density at radius 2 is 1.45 bits per heavy atom. The summed E-state index contributed by atoms with van der Waals surface area (Å²) in [5.74, 6) is 0. The maximum Gasteiger partial charge on any atom is 0.295 e. The summed E-state index contributed by atoms with van der Waals surface area (Å²) in [6.45, 7) is 0. The molecule has 0 saturated heterocycles. The number of sulfonamides is 1. The van der Waals surface area contributed by atoms with Crippen LogP contribution in [0.1, 0.15) is 0 Å². The third-order valence-corrected chi connectivity index (χ3v) is 6.99. The molecule has 0 aliphatic heterocycles. The third kappa shape index (κ3) is 4.49. The van der Waals surface area contributed by atoms with Gasteiger partial charge in [0.25, 0.3) is 30.3 Å². The molecule has 0 fully saturated rings. The lowest BCUT2D eigenvalue weighted by molar-refractivity contribution is 0.482. The lowest BCUT2D eigenvalue weighted by atomic mass is 10.1. The number of hydrogen-bond acceptors (Lipinski definition) is 7. The van der Waals surface area contributed by atoms with E-state index in [1.807, 2.05) is 0 Å². The minimum Gasteiger partial charge on any atom is -0.399 e. The zero-order chi connectivity index (χ0) is 21.6. The molecule has 0 aliphatic carbocycles. The highest BCUT2D eigenvalue weighted by Crippen LogP contribution is 2.30. The number of benzene rings is 3. The van der Waals surface area contributed by atoms with Crippen LogP contribution < -0.4 is 10.5 Å². The molecule has 0 atom stereocenters. The van der Waals surface area contributed by atoms with E-state index in [-0.39, 0.29) is 27.0 Å². The van der Waals surface area contributed by atoms with Crippen molar-refractivity contribution < 1.29 is 34.4 Å². The van der Waals surface area contributed by atoms with E-state index in [0.717, 1.165) is 12.1 Å². The predicted molar refractivity (Wildman–Crippen MR) is 105 cm³/mol. The van der Waals surface area contributed by atoms with Crippen LogP contribution in [0.4, 0.5) is 11.4 Å². The van der Waals surface area contributed by atoms with Crippen LogP contribution >= 0.6 is 0 Å². The van der Waals surface area contributed by atoms with Gasteiger partial charge in [-0.2, -0.15) is 16.8 Å². The Morgan fingerprint density at radius 3 is 2.03 bits per heavy atom. The molecule has 0 bridgehead atoms. The van der Waals surface area contributed by atoms with Gasteiger partial charge in [0.05, 0.1) is 9.79 Å². The average molecular weight is 458 g/mol. The maximum atomic E-state index is 12.5. The lowest BCUT2D eigenvalue weighted by Crippen LogP contribution is -2.13. The molecule has 3 aromatic rings. The second-order valence-corrected chi connectivity index (χ2v) is 10.5. The molecule has 0 aliphatic rings. The summed E-state index contributed by atoms with van der Waals surface area (Å²) in [7, 11) is -13.7. The normalized spacial score (nSPS) is 12.8. The Balaban J connectivity index is 2.17. The molecular weight excluding hydrogens is 444 g/mol. The zero-order valence-electron chi connectivity index (χ0n) is 14.3. The monoisotopic (exact) mass is 458 g/mol. The van der Waals surface area contributed by atoms with Gasteiger partial charge in [0.15, 0.2) is 0 Å². The number of nitrogen functional groups attached to an aromatic ring is 1. The summed E-state index contributed by atoms with van der Waals surface area (Å²) in [4.78, 5) is -1.69. The van der Waals surface area contributed by atoms with Crippen LogP contribution in [0.3, 0.4) is 0 Å². The van der Waals surface area contributed by atoms with E-state index in [9.17, 15) is 34.4 Å². The molecule has 0 saturated carbocycles. The Bertz CT molecular complexity index is 1450. The first-order valence-electron chi connectivity index (χ1n) is 7.68. The molecule has 5 N–H and O–H groups in total. The molecule has 0 spiro atoms. The summed E-state index contributed by atoms with van der Waals surface area (Å²) >= 11 is 0. The first-order valence-corrected chi connectivity index (χ1v) is 12.0. The van der Waals surface area contributed by atoms with Crippen molar-refractivity contribution in [3.63, 3.8) is 0 Å². The smallest absolute Gasteiger partial charge is 0.295 e. The van der Waals surface area contributed by atoms with Crippen molar-refractivity contribution in [2.45, 2.75) is 14.7 Å². The molecule has 0 aromatic heterocycles. The number of nitrogens with one attached hydrogen (secondary N) is 1. The summed E-state index contributed by atoms with van der Waals surface area (Å²) < 4.78 is 92.1. The van der Waals surface area contributed by atoms with Gasteiger partial charge in [-0.15, -0.1) is 0 Å². The first-order chi connectivity index (χ1) is 13.3. The van der Waals surface area contributed by atoms with E-state index in [1.54, 1.807) is 0 Å². The second-order valence-electron chi connectivity index (χ2n) is 5.99. The summed E-state index contributed by atoms with van der Waals surface area (Å²) in [5.41, 5.74) is 5.75. The minimum atomic E-state index is -4.90. The highest BCUT2D eigenvalue weighted by atomic mass is 32.2. The molecule has 154 valence electrons. The van der Waals surface area contributed by atoms with Crippen LogP contribution in [-0.4, -0.2) is 34.4 Å². The molecular formula is C16H14N2O8S3. The fourth-order valence-corrected chi connectivity index (χ4v) is 5.07. The van der Waals surface area contributed by atoms with Gasteiger partial charge in [-0.25, -0.2) is 8.42 Å². The van der Waals surface area contributed by atoms with Gasteiger partial charge in [-0.1, -0.05) is 12.1 Å². The SMILES string of the molecule is Nc1cccc(S(=O)(=O)Nc2ccc3cc(S(=O)(=O)O)cc(S(=O)(=O)O)c3c2)c1. The summed E-state index contributed by atoms with van der Waals surface area (Å²) in [5, 5.41) is -0.132.